The number of hydrogen-bond donors (Lipinski definition) is 1. The van der Waals surface area contributed by atoms with Gasteiger partial charge in [-0.3, -0.25) is 9.69 Å². The van der Waals surface area contributed by atoms with E-state index in [4.69, 9.17) is 14.2 Å². The predicted octanol–water partition coefficient (Wildman–Crippen LogP) is 4.03. The van der Waals surface area contributed by atoms with Crippen LogP contribution in [0.5, 0.6) is 17.2 Å². The van der Waals surface area contributed by atoms with E-state index in [1.165, 1.54) is 18.4 Å². The van der Waals surface area contributed by atoms with Crippen LogP contribution in [0.2, 0.25) is 0 Å². The van der Waals surface area contributed by atoms with Crippen LogP contribution in [0.4, 0.5) is 0 Å². The highest BCUT2D eigenvalue weighted by atomic mass is 16.5. The Hall–Kier alpha value is -2.73. The van der Waals surface area contributed by atoms with E-state index in [1.54, 1.807) is 26.4 Å². The number of piperidine rings is 1. The van der Waals surface area contributed by atoms with Gasteiger partial charge in [-0.15, -0.1) is 0 Å². The van der Waals surface area contributed by atoms with E-state index >= 15 is 0 Å². The van der Waals surface area contributed by atoms with E-state index in [0.29, 0.717) is 41.5 Å². The summed E-state index contributed by atoms with van der Waals surface area (Å²) >= 11 is 0. The molecule has 4 rings (SSSR count). The second-order valence-corrected chi connectivity index (χ2v) is 8.32. The smallest absolute Gasteiger partial charge is 0.255 e. The summed E-state index contributed by atoms with van der Waals surface area (Å²) in [5, 5.41) is 3.27. The highest BCUT2D eigenvalue weighted by Gasteiger charge is 2.41. The summed E-state index contributed by atoms with van der Waals surface area (Å²) in [7, 11) is 3.15. The van der Waals surface area contributed by atoms with Crippen molar-refractivity contribution in [3.05, 3.63) is 53.6 Å². The van der Waals surface area contributed by atoms with E-state index in [9.17, 15) is 4.79 Å². The van der Waals surface area contributed by atoms with E-state index in [1.807, 2.05) is 6.92 Å². The van der Waals surface area contributed by atoms with Crippen molar-refractivity contribution in [1.29, 1.82) is 0 Å². The van der Waals surface area contributed by atoms with Crippen LogP contribution in [0.1, 0.15) is 48.5 Å². The average molecular weight is 425 g/mol. The standard InChI is InChI=1S/C25H32N2O4/c1-4-31-24-22(14-21(29-2)15-23(24)30-3)25(28)26-18-12-19-10-11-20(13-18)27(19)16-17-8-6-5-7-9-17/h5-9,14-15,18-20H,4,10-13,16H2,1-3H3,(H,26,28). The van der Waals surface area contributed by atoms with Crippen molar-refractivity contribution < 1.29 is 19.0 Å². The van der Waals surface area contributed by atoms with Crippen LogP contribution >= 0.6 is 0 Å². The Kier molecular flexibility index (Phi) is 6.66. The van der Waals surface area contributed by atoms with Crippen molar-refractivity contribution in [3.63, 3.8) is 0 Å². The largest absolute Gasteiger partial charge is 0.497 e. The minimum absolute atomic E-state index is 0.137. The van der Waals surface area contributed by atoms with Gasteiger partial charge in [0.15, 0.2) is 11.5 Å². The summed E-state index contributed by atoms with van der Waals surface area (Å²) in [4.78, 5) is 15.9. The lowest BCUT2D eigenvalue weighted by Gasteiger charge is -2.39. The van der Waals surface area contributed by atoms with Gasteiger partial charge in [0, 0.05) is 30.7 Å². The van der Waals surface area contributed by atoms with E-state index in [2.05, 4.69) is 40.5 Å². The first-order valence-corrected chi connectivity index (χ1v) is 11.1. The normalized spacial score (nSPS) is 22.7. The number of carbonyl (C=O) groups is 1. The third-order valence-corrected chi connectivity index (χ3v) is 6.44. The zero-order chi connectivity index (χ0) is 21.8. The Morgan fingerprint density at radius 2 is 1.77 bits per heavy atom. The third-order valence-electron chi connectivity index (χ3n) is 6.44. The van der Waals surface area contributed by atoms with Crippen LogP contribution < -0.4 is 19.5 Å². The second-order valence-electron chi connectivity index (χ2n) is 8.32. The predicted molar refractivity (Wildman–Crippen MR) is 120 cm³/mol. The van der Waals surface area contributed by atoms with E-state index in [0.717, 1.165) is 19.4 Å². The molecule has 2 heterocycles. The van der Waals surface area contributed by atoms with Crippen LogP contribution in [0.25, 0.3) is 0 Å². The molecular formula is C25H32N2O4. The minimum Gasteiger partial charge on any atom is -0.497 e. The monoisotopic (exact) mass is 424 g/mol. The Morgan fingerprint density at radius 3 is 2.39 bits per heavy atom. The molecule has 166 valence electrons. The molecule has 2 saturated heterocycles. The van der Waals surface area contributed by atoms with Crippen LogP contribution in [-0.4, -0.2) is 49.8 Å². The number of rotatable bonds is 8. The van der Waals surface area contributed by atoms with Crippen molar-refractivity contribution >= 4 is 5.91 Å². The van der Waals surface area contributed by atoms with Crippen LogP contribution in [0.3, 0.4) is 0 Å². The van der Waals surface area contributed by atoms with Crippen molar-refractivity contribution in [2.75, 3.05) is 20.8 Å². The molecule has 1 amide bonds. The van der Waals surface area contributed by atoms with Gasteiger partial charge in [-0.25, -0.2) is 0 Å². The molecule has 0 radical (unpaired) electrons. The Balaban J connectivity index is 1.47. The molecule has 2 unspecified atom stereocenters. The molecule has 2 aliphatic rings. The molecule has 6 nitrogen and oxygen atoms in total. The quantitative estimate of drug-likeness (QED) is 0.693. The zero-order valence-electron chi connectivity index (χ0n) is 18.6. The number of methoxy groups -OCH3 is 2. The molecule has 0 aliphatic carbocycles. The molecular weight excluding hydrogens is 392 g/mol. The lowest BCUT2D eigenvalue weighted by molar-refractivity contribution is 0.0824. The number of benzene rings is 2. The molecule has 31 heavy (non-hydrogen) atoms. The first-order valence-electron chi connectivity index (χ1n) is 11.1. The number of ether oxygens (including phenoxy) is 3. The van der Waals surface area contributed by atoms with Crippen LogP contribution in [-0.2, 0) is 6.54 Å². The van der Waals surface area contributed by atoms with Crippen molar-refractivity contribution in [2.24, 2.45) is 0 Å². The molecule has 1 N–H and O–H groups in total. The Bertz CT molecular complexity index is 888. The average Bonchev–Trinajstić information content (AvgIpc) is 3.02. The number of carbonyl (C=O) groups excluding carboxylic acids is 1. The zero-order valence-corrected chi connectivity index (χ0v) is 18.6. The summed E-state index contributed by atoms with van der Waals surface area (Å²) in [5.74, 6) is 1.40. The van der Waals surface area contributed by atoms with Gasteiger partial charge >= 0.3 is 0 Å². The van der Waals surface area contributed by atoms with E-state index in [-0.39, 0.29) is 11.9 Å². The van der Waals surface area contributed by atoms with Gasteiger partial charge in [-0.1, -0.05) is 30.3 Å². The first-order chi connectivity index (χ1) is 15.1. The fraction of sp³-hybridized carbons (Fsp3) is 0.480. The Labute approximate surface area is 184 Å². The molecule has 2 aromatic carbocycles. The first kappa shape index (κ1) is 21.5. The van der Waals surface area contributed by atoms with Gasteiger partial charge < -0.3 is 19.5 Å². The van der Waals surface area contributed by atoms with Gasteiger partial charge in [-0.05, 0) is 44.2 Å². The number of nitrogens with zero attached hydrogens (tertiary/aromatic N) is 1. The fourth-order valence-corrected chi connectivity index (χ4v) is 5.02. The maximum Gasteiger partial charge on any atom is 0.255 e. The molecule has 2 aromatic rings. The maximum atomic E-state index is 13.2. The van der Waals surface area contributed by atoms with Gasteiger partial charge in [0.1, 0.15) is 5.75 Å². The summed E-state index contributed by atoms with van der Waals surface area (Å²) < 4.78 is 16.6. The van der Waals surface area contributed by atoms with Gasteiger partial charge in [0.05, 0.1) is 26.4 Å². The molecule has 0 aromatic heterocycles. The van der Waals surface area contributed by atoms with Gasteiger partial charge in [-0.2, -0.15) is 0 Å². The van der Waals surface area contributed by atoms with Crippen molar-refractivity contribution in [2.45, 2.75) is 57.3 Å². The maximum absolute atomic E-state index is 13.2. The van der Waals surface area contributed by atoms with E-state index < -0.39 is 0 Å². The number of hydrogen-bond acceptors (Lipinski definition) is 5. The second kappa shape index (κ2) is 9.60. The molecule has 2 atom stereocenters. The fourth-order valence-electron chi connectivity index (χ4n) is 5.02. The van der Waals surface area contributed by atoms with Crippen LogP contribution in [0.15, 0.2) is 42.5 Å². The van der Waals surface area contributed by atoms with Crippen molar-refractivity contribution in [1.82, 2.24) is 10.2 Å². The molecule has 2 bridgehead atoms. The Morgan fingerprint density at radius 1 is 1.06 bits per heavy atom. The highest BCUT2D eigenvalue weighted by Crippen LogP contribution is 2.38. The van der Waals surface area contributed by atoms with Crippen molar-refractivity contribution in [3.8, 4) is 17.2 Å². The molecule has 2 fully saturated rings. The summed E-state index contributed by atoms with van der Waals surface area (Å²) in [6.45, 7) is 3.33. The van der Waals surface area contributed by atoms with Gasteiger partial charge in [0.25, 0.3) is 5.91 Å². The number of nitrogens with one attached hydrogen (secondary N) is 1. The lowest BCUT2D eigenvalue weighted by atomic mass is 9.96. The van der Waals surface area contributed by atoms with Crippen LogP contribution in [0, 0.1) is 0 Å². The number of fused-ring (bicyclic) bond motifs is 2. The molecule has 0 spiro atoms. The topological polar surface area (TPSA) is 60.0 Å². The molecule has 6 heteroatoms. The SMILES string of the molecule is CCOc1c(OC)cc(OC)cc1C(=O)NC1CC2CCC(C1)N2Cc1ccccc1. The molecule has 0 saturated carbocycles. The number of amides is 1. The lowest BCUT2D eigenvalue weighted by Crippen LogP contribution is -2.50. The highest BCUT2D eigenvalue weighted by molar-refractivity contribution is 5.98. The summed E-state index contributed by atoms with van der Waals surface area (Å²) in [6, 6.07) is 15.3. The third kappa shape index (κ3) is 4.64. The van der Waals surface area contributed by atoms with Gasteiger partial charge in [0.2, 0.25) is 0 Å². The summed E-state index contributed by atoms with van der Waals surface area (Å²) in [6.07, 6.45) is 4.34. The minimum atomic E-state index is -0.137. The summed E-state index contributed by atoms with van der Waals surface area (Å²) in [5.41, 5.74) is 1.81. The molecule has 2 aliphatic heterocycles.